The van der Waals surface area contributed by atoms with Gasteiger partial charge in [-0.3, -0.25) is 0 Å². The maximum Gasteiger partial charge on any atom is 4.00 e. The second-order valence-corrected chi connectivity index (χ2v) is 0. The molecule has 0 bridgehead atoms. The van der Waals surface area contributed by atoms with E-state index in [0.29, 0.717) is 0 Å². The fraction of sp³-hybridized carbons (Fsp3) is 0. The molecule has 0 aromatic rings. The van der Waals surface area contributed by atoms with E-state index in [0.717, 1.165) is 0 Å². The van der Waals surface area contributed by atoms with Crippen LogP contribution in [0.1, 0.15) is 0 Å². The average molecular weight is 297 g/mol. The Labute approximate surface area is 53.3 Å². The van der Waals surface area contributed by atoms with E-state index in [-0.39, 0.29) is 53.0 Å². The zero-order valence-corrected chi connectivity index (χ0v) is 5.49. The first-order chi connectivity index (χ1) is 0. The summed E-state index contributed by atoms with van der Waals surface area (Å²) in [6.07, 6.45) is 0. The van der Waals surface area contributed by atoms with E-state index in [4.69, 9.17) is 0 Å². The van der Waals surface area contributed by atoms with Crippen LogP contribution in [0.15, 0.2) is 0 Å². The Balaban J connectivity index is 0. The predicted molar refractivity (Wildman–Crippen MR) is 2.06 cm³/mol. The van der Waals surface area contributed by atoms with Gasteiger partial charge in [-0.05, 0) is 0 Å². The fourth-order valence-electron chi connectivity index (χ4n) is 0. The van der Waals surface area contributed by atoms with Crippen molar-refractivity contribution in [3.63, 3.8) is 0 Å². The Hall–Kier alpha value is 1.02. The van der Waals surface area contributed by atoms with Crippen molar-refractivity contribution in [2.75, 3.05) is 0 Å². The second-order valence-electron chi connectivity index (χ2n) is 0. The van der Waals surface area contributed by atoms with Gasteiger partial charge in [0, 0.05) is 0 Å². The zero-order valence-electron chi connectivity index (χ0n) is 1.91. The van der Waals surface area contributed by atoms with E-state index in [1.165, 1.54) is 0 Å². The molecule has 0 spiro atoms. The van der Waals surface area contributed by atoms with Crippen LogP contribution in [0.4, 0.5) is 0 Å². The molecule has 0 saturated carbocycles. The fourth-order valence-corrected chi connectivity index (χ4v) is 0. The largest absolute Gasteiger partial charge is 4.00 e. The van der Waals surface area contributed by atoms with Gasteiger partial charge in [0.05, 0.1) is 0 Å². The van der Waals surface area contributed by atoms with Crippen LogP contribution in [0, 0.1) is 0 Å². The molecule has 0 atom stereocenters. The number of rotatable bonds is 0. The average Bonchev–Trinajstić information content (AvgIpc) is 0. The molecular formula is CoO3Os. The summed E-state index contributed by atoms with van der Waals surface area (Å²) in [7, 11) is 0. The quantitative estimate of drug-likeness (QED) is 0.585. The Bertz CT molecular complexity index is 6.85. The van der Waals surface area contributed by atoms with Crippen molar-refractivity contribution in [1.82, 2.24) is 0 Å². The van der Waals surface area contributed by atoms with Crippen molar-refractivity contribution in [2.24, 2.45) is 0 Å². The van der Waals surface area contributed by atoms with Crippen molar-refractivity contribution >= 4 is 0 Å². The molecule has 0 unspecified atom stereocenters. The van der Waals surface area contributed by atoms with E-state index in [1.54, 1.807) is 0 Å². The van der Waals surface area contributed by atoms with Crippen LogP contribution in [0.5, 0.6) is 0 Å². The van der Waals surface area contributed by atoms with Gasteiger partial charge in [-0.2, -0.15) is 0 Å². The van der Waals surface area contributed by atoms with Gasteiger partial charge in [0.15, 0.2) is 0 Å². The minimum absolute atomic E-state index is 0. The van der Waals surface area contributed by atoms with Crippen LogP contribution in [0.25, 0.3) is 0 Å². The van der Waals surface area contributed by atoms with Gasteiger partial charge in [-0.25, -0.2) is 0 Å². The van der Waals surface area contributed by atoms with E-state index in [2.05, 4.69) is 0 Å². The molecule has 3 nitrogen and oxygen atoms in total. The van der Waals surface area contributed by atoms with E-state index < -0.39 is 0 Å². The van der Waals surface area contributed by atoms with Crippen LogP contribution in [0.3, 0.4) is 0 Å². The van der Waals surface area contributed by atoms with Crippen LogP contribution < -0.4 is 0 Å². The minimum Gasteiger partial charge on any atom is -2.00 e. The smallest absolute Gasteiger partial charge is 2.00 e. The van der Waals surface area contributed by atoms with Gasteiger partial charge >= 0.3 is 36.6 Å². The first-order valence-corrected chi connectivity index (χ1v) is 0. The summed E-state index contributed by atoms with van der Waals surface area (Å²) < 4.78 is 0. The van der Waals surface area contributed by atoms with Crippen molar-refractivity contribution in [3.8, 4) is 0 Å². The Morgan fingerprint density at radius 3 is 0.600 bits per heavy atom. The predicted octanol–water partition coefficient (Wildman–Crippen LogP) is -0.361. The summed E-state index contributed by atoms with van der Waals surface area (Å²) in [5.74, 6) is 0. The minimum atomic E-state index is 0. The van der Waals surface area contributed by atoms with Gasteiger partial charge in [-0.15, -0.1) is 0 Å². The molecule has 35 valence electrons. The molecule has 0 heterocycles. The van der Waals surface area contributed by atoms with E-state index in [9.17, 15) is 0 Å². The van der Waals surface area contributed by atoms with Crippen LogP contribution in [-0.2, 0) is 53.0 Å². The molecule has 0 amide bonds. The third kappa shape index (κ3) is 43.9. The number of hydrogen-bond acceptors (Lipinski definition) is 0. The van der Waals surface area contributed by atoms with Crippen molar-refractivity contribution in [3.05, 3.63) is 0 Å². The van der Waals surface area contributed by atoms with Crippen molar-refractivity contribution < 1.29 is 53.0 Å². The molecule has 0 aliphatic carbocycles. The molecule has 0 aromatic carbocycles. The topological polar surface area (TPSA) is 85.5 Å². The molecule has 0 fully saturated rings. The maximum absolute atomic E-state index is 0. The van der Waals surface area contributed by atoms with Gasteiger partial charge < -0.3 is 16.4 Å². The summed E-state index contributed by atoms with van der Waals surface area (Å²) in [5, 5.41) is 0. The van der Waals surface area contributed by atoms with Gasteiger partial charge in [0.2, 0.25) is 0 Å². The van der Waals surface area contributed by atoms with Crippen LogP contribution >= 0.6 is 0 Å². The number of hydrogen-bond donors (Lipinski definition) is 0. The zero-order chi connectivity index (χ0) is 0. The summed E-state index contributed by atoms with van der Waals surface area (Å²) in [6, 6.07) is 0. The SMILES string of the molecule is [Co+2].[O-2].[O-2].[O-2].[Os+4]. The summed E-state index contributed by atoms with van der Waals surface area (Å²) in [5.41, 5.74) is 0. The maximum atomic E-state index is 0. The normalized spacial score (nSPS) is 0. The molecule has 0 aliphatic heterocycles. The molecule has 0 aromatic heterocycles. The molecule has 0 saturated heterocycles. The van der Waals surface area contributed by atoms with Gasteiger partial charge in [0.1, 0.15) is 0 Å². The molecule has 0 rings (SSSR count). The Kier molecular flexibility index (Phi) is 2260. The van der Waals surface area contributed by atoms with Crippen LogP contribution in [-0.4, -0.2) is 0 Å². The molecule has 5 heteroatoms. The third-order valence-electron chi connectivity index (χ3n) is 0. The first kappa shape index (κ1) is 145. The van der Waals surface area contributed by atoms with Crippen molar-refractivity contribution in [1.29, 1.82) is 0 Å². The molecule has 1 radical (unpaired) electrons. The van der Waals surface area contributed by atoms with E-state index >= 15 is 0 Å². The van der Waals surface area contributed by atoms with Crippen molar-refractivity contribution in [2.45, 2.75) is 0 Å². The van der Waals surface area contributed by atoms with Gasteiger partial charge in [-0.1, -0.05) is 0 Å². The van der Waals surface area contributed by atoms with Crippen LogP contribution in [0.2, 0.25) is 0 Å². The molecule has 0 N–H and O–H groups in total. The third-order valence-corrected chi connectivity index (χ3v) is 0. The molecule has 0 aliphatic rings. The summed E-state index contributed by atoms with van der Waals surface area (Å²) in [6.45, 7) is 0. The Morgan fingerprint density at radius 1 is 0.600 bits per heavy atom. The second kappa shape index (κ2) is 77.7. The standard InChI is InChI=1S/Co.3O.Os/q+2;3*-2;+4. The van der Waals surface area contributed by atoms with Gasteiger partial charge in [0.25, 0.3) is 0 Å². The summed E-state index contributed by atoms with van der Waals surface area (Å²) >= 11 is 0. The monoisotopic (exact) mass is 299 g/mol. The molecular weight excluding hydrogens is 297 g/mol. The first-order valence-electron chi connectivity index (χ1n) is 0. The van der Waals surface area contributed by atoms with E-state index in [1.807, 2.05) is 0 Å². The molecule has 5 heavy (non-hydrogen) atoms. The summed E-state index contributed by atoms with van der Waals surface area (Å²) in [4.78, 5) is 0. The Morgan fingerprint density at radius 2 is 0.600 bits per heavy atom.